The van der Waals surface area contributed by atoms with Crippen LogP contribution in [-0.2, 0) is 16.6 Å². The number of piperidine rings is 1. The number of nitrogens with zero attached hydrogens (tertiary/aromatic N) is 3. The van der Waals surface area contributed by atoms with Gasteiger partial charge in [0.2, 0.25) is 10.0 Å². The van der Waals surface area contributed by atoms with Gasteiger partial charge in [0.1, 0.15) is 5.82 Å². The van der Waals surface area contributed by atoms with Crippen molar-refractivity contribution in [3.05, 3.63) is 59.7 Å². The van der Waals surface area contributed by atoms with Gasteiger partial charge in [-0.1, -0.05) is 26.0 Å². The van der Waals surface area contributed by atoms with E-state index in [0.717, 1.165) is 38.0 Å². The van der Waals surface area contributed by atoms with Gasteiger partial charge in [0.25, 0.3) is 0 Å². The van der Waals surface area contributed by atoms with Crippen molar-refractivity contribution in [3.8, 4) is 0 Å². The van der Waals surface area contributed by atoms with Gasteiger partial charge in [0.05, 0.1) is 12.8 Å². The molecular weight excluding hydrogens is 389 g/mol. The third-order valence-electron chi connectivity index (χ3n) is 5.51. The van der Waals surface area contributed by atoms with Crippen LogP contribution in [0.4, 0.5) is 4.39 Å². The normalized spacial score (nSPS) is 18.9. The van der Waals surface area contributed by atoms with Crippen molar-refractivity contribution >= 4 is 10.0 Å². The second-order valence-corrected chi connectivity index (χ2v) is 10.5. The van der Waals surface area contributed by atoms with Gasteiger partial charge in [0, 0.05) is 37.9 Å². The summed E-state index contributed by atoms with van der Waals surface area (Å²) < 4.78 is 38.5. The van der Waals surface area contributed by atoms with Crippen molar-refractivity contribution in [2.24, 2.45) is 5.92 Å². The molecule has 1 aromatic carbocycles. The van der Waals surface area contributed by atoms with Crippen molar-refractivity contribution in [1.82, 2.24) is 14.1 Å². The molecule has 0 aromatic heterocycles. The van der Waals surface area contributed by atoms with Crippen molar-refractivity contribution in [3.63, 3.8) is 0 Å². The molecule has 0 radical (unpaired) electrons. The maximum absolute atomic E-state index is 13.2. The SMILES string of the molecule is CC(C)CN(C1=CC=CN(Cc2ccc(F)cc2)C1)C1CCN(S(C)(=O)=O)CC1. The van der Waals surface area contributed by atoms with Crippen molar-refractivity contribution < 1.29 is 12.8 Å². The fraction of sp³-hybridized carbons (Fsp3) is 0.545. The highest BCUT2D eigenvalue weighted by molar-refractivity contribution is 7.88. The largest absolute Gasteiger partial charge is 0.370 e. The third kappa shape index (κ3) is 6.06. The molecule has 160 valence electrons. The lowest BCUT2D eigenvalue weighted by molar-refractivity contribution is 0.150. The van der Waals surface area contributed by atoms with Gasteiger partial charge >= 0.3 is 0 Å². The summed E-state index contributed by atoms with van der Waals surface area (Å²) in [4.78, 5) is 4.72. The number of hydrogen-bond acceptors (Lipinski definition) is 4. The Hall–Kier alpha value is -1.86. The van der Waals surface area contributed by atoms with E-state index < -0.39 is 10.0 Å². The molecule has 3 rings (SSSR count). The molecule has 29 heavy (non-hydrogen) atoms. The van der Waals surface area contributed by atoms with Gasteiger partial charge in [-0.25, -0.2) is 17.1 Å². The van der Waals surface area contributed by atoms with Gasteiger partial charge in [0.15, 0.2) is 0 Å². The summed E-state index contributed by atoms with van der Waals surface area (Å²) in [5, 5.41) is 0. The second-order valence-electron chi connectivity index (χ2n) is 8.47. The first-order valence-corrected chi connectivity index (χ1v) is 12.1. The summed E-state index contributed by atoms with van der Waals surface area (Å²) in [6, 6.07) is 7.00. The minimum Gasteiger partial charge on any atom is -0.370 e. The van der Waals surface area contributed by atoms with E-state index in [1.165, 1.54) is 24.1 Å². The van der Waals surface area contributed by atoms with Crippen molar-refractivity contribution in [2.45, 2.75) is 39.3 Å². The Kier molecular flexibility index (Phi) is 7.01. The van der Waals surface area contributed by atoms with E-state index in [9.17, 15) is 12.8 Å². The Morgan fingerprint density at radius 2 is 1.83 bits per heavy atom. The van der Waals surface area contributed by atoms with Crippen LogP contribution in [-0.4, -0.2) is 61.0 Å². The van der Waals surface area contributed by atoms with Crippen LogP contribution in [0.15, 0.2) is 48.3 Å². The summed E-state index contributed by atoms with van der Waals surface area (Å²) in [6.45, 7) is 8.08. The molecule has 1 saturated heterocycles. The van der Waals surface area contributed by atoms with Gasteiger partial charge in [-0.15, -0.1) is 0 Å². The fourth-order valence-electron chi connectivity index (χ4n) is 4.09. The molecule has 1 aromatic rings. The summed E-state index contributed by atoms with van der Waals surface area (Å²) in [5.41, 5.74) is 2.34. The predicted molar refractivity (Wildman–Crippen MR) is 115 cm³/mol. The summed E-state index contributed by atoms with van der Waals surface area (Å²) >= 11 is 0. The fourth-order valence-corrected chi connectivity index (χ4v) is 4.96. The monoisotopic (exact) mass is 421 g/mol. The van der Waals surface area contributed by atoms with Gasteiger partial charge in [-0.3, -0.25) is 0 Å². The van der Waals surface area contributed by atoms with E-state index in [4.69, 9.17) is 0 Å². The maximum Gasteiger partial charge on any atom is 0.211 e. The maximum atomic E-state index is 13.2. The number of sulfonamides is 1. The molecule has 0 N–H and O–H groups in total. The van der Waals surface area contributed by atoms with Crippen LogP contribution >= 0.6 is 0 Å². The molecule has 2 aliphatic heterocycles. The Balaban J connectivity index is 1.67. The Bertz CT molecular complexity index is 841. The topological polar surface area (TPSA) is 43.9 Å². The number of rotatable bonds is 7. The highest BCUT2D eigenvalue weighted by Gasteiger charge is 2.30. The zero-order valence-electron chi connectivity index (χ0n) is 17.6. The lowest BCUT2D eigenvalue weighted by Crippen LogP contribution is -2.48. The smallest absolute Gasteiger partial charge is 0.211 e. The molecule has 0 spiro atoms. The van der Waals surface area contributed by atoms with Gasteiger partial charge in [-0.05, 0) is 54.8 Å². The van der Waals surface area contributed by atoms with E-state index >= 15 is 0 Å². The zero-order chi connectivity index (χ0) is 21.0. The number of benzene rings is 1. The molecule has 0 saturated carbocycles. The number of allylic oxidation sites excluding steroid dienone is 2. The molecule has 0 unspecified atom stereocenters. The zero-order valence-corrected chi connectivity index (χ0v) is 18.4. The molecule has 2 heterocycles. The van der Waals surface area contributed by atoms with E-state index in [-0.39, 0.29) is 5.82 Å². The summed E-state index contributed by atoms with van der Waals surface area (Å²) in [6.07, 6.45) is 9.30. The number of halogens is 1. The van der Waals surface area contributed by atoms with Crippen molar-refractivity contribution in [2.75, 3.05) is 32.4 Å². The lowest BCUT2D eigenvalue weighted by Gasteiger charge is -2.42. The van der Waals surface area contributed by atoms with Crippen LogP contribution in [0.5, 0.6) is 0 Å². The molecule has 2 aliphatic rings. The molecular formula is C22H32FN3O2S. The molecule has 0 bridgehead atoms. The minimum absolute atomic E-state index is 0.216. The second kappa shape index (κ2) is 9.30. The van der Waals surface area contributed by atoms with Gasteiger partial charge < -0.3 is 9.80 Å². The molecule has 5 nitrogen and oxygen atoms in total. The van der Waals surface area contributed by atoms with Crippen LogP contribution in [0.2, 0.25) is 0 Å². The predicted octanol–water partition coefficient (Wildman–Crippen LogP) is 3.42. The van der Waals surface area contributed by atoms with Crippen LogP contribution in [0.1, 0.15) is 32.3 Å². The average Bonchev–Trinajstić information content (AvgIpc) is 2.67. The lowest BCUT2D eigenvalue weighted by atomic mass is 10.0. The Morgan fingerprint density at radius 3 is 2.41 bits per heavy atom. The Labute approximate surface area is 174 Å². The van der Waals surface area contributed by atoms with Crippen LogP contribution in [0.25, 0.3) is 0 Å². The van der Waals surface area contributed by atoms with Crippen molar-refractivity contribution in [1.29, 1.82) is 0 Å². The molecule has 0 aliphatic carbocycles. The van der Waals surface area contributed by atoms with Crippen LogP contribution < -0.4 is 0 Å². The summed E-state index contributed by atoms with van der Waals surface area (Å²) in [7, 11) is -3.12. The first-order chi connectivity index (χ1) is 13.7. The van der Waals surface area contributed by atoms with E-state index in [0.29, 0.717) is 25.0 Å². The Morgan fingerprint density at radius 1 is 1.17 bits per heavy atom. The molecule has 0 amide bonds. The number of hydrogen-bond donors (Lipinski definition) is 0. The van der Waals surface area contributed by atoms with Gasteiger partial charge in [-0.2, -0.15) is 0 Å². The molecule has 0 atom stereocenters. The quantitative estimate of drug-likeness (QED) is 0.677. The highest BCUT2D eigenvalue weighted by Crippen LogP contribution is 2.25. The first kappa shape index (κ1) is 21.8. The average molecular weight is 422 g/mol. The summed E-state index contributed by atoms with van der Waals surface area (Å²) in [5.74, 6) is 0.298. The standard InChI is InChI=1S/C22H32FN3O2S/c1-18(2)15-26(21-10-13-25(14-11-21)29(3,27)28)22-5-4-12-24(17-22)16-19-6-8-20(23)9-7-19/h4-9,12,18,21H,10-11,13-17H2,1-3H3. The van der Waals surface area contributed by atoms with E-state index in [1.807, 2.05) is 12.1 Å². The van der Waals surface area contributed by atoms with E-state index in [1.54, 1.807) is 4.31 Å². The van der Waals surface area contributed by atoms with Crippen LogP contribution in [0, 0.1) is 11.7 Å². The molecule has 1 fully saturated rings. The highest BCUT2D eigenvalue weighted by atomic mass is 32.2. The minimum atomic E-state index is -3.12. The molecule has 7 heteroatoms. The third-order valence-corrected chi connectivity index (χ3v) is 6.82. The first-order valence-electron chi connectivity index (χ1n) is 10.3. The van der Waals surface area contributed by atoms with Crippen LogP contribution in [0.3, 0.4) is 0 Å². The van der Waals surface area contributed by atoms with E-state index in [2.05, 4.69) is 42.0 Å².